The molecule has 0 radical (unpaired) electrons. The number of nitrogens with zero attached hydrogens (tertiary/aromatic N) is 1. The van der Waals surface area contributed by atoms with Crippen LogP contribution in [0.5, 0.6) is 17.2 Å². The Hall–Kier alpha value is -2.83. The third kappa shape index (κ3) is 7.70. The highest BCUT2D eigenvalue weighted by molar-refractivity contribution is 14.0. The van der Waals surface area contributed by atoms with Crippen LogP contribution in [0.25, 0.3) is 0 Å². The standard InChI is InChI=1S/C21H24F2N4O4.HI/c1-24-21(27-12-19(28)25-8-7-14-5-3-2-4-6-14)26-11-15-9-17-18(30-13-29-17)10-16(15)31-20(22)23;/h2-6,9-10,20H,7-8,11-13H2,1H3,(H,25,28)(H2,24,26,27);1H. The van der Waals surface area contributed by atoms with Gasteiger partial charge in [0.2, 0.25) is 12.7 Å². The maximum Gasteiger partial charge on any atom is 0.387 e. The van der Waals surface area contributed by atoms with Gasteiger partial charge in [0.05, 0.1) is 6.54 Å². The summed E-state index contributed by atoms with van der Waals surface area (Å²) in [5.41, 5.74) is 1.57. The lowest BCUT2D eigenvalue weighted by atomic mass is 10.1. The van der Waals surface area contributed by atoms with E-state index in [0.29, 0.717) is 29.6 Å². The Balaban J connectivity index is 0.00000363. The molecular weight excluding hydrogens is 537 g/mol. The van der Waals surface area contributed by atoms with E-state index < -0.39 is 6.61 Å². The summed E-state index contributed by atoms with van der Waals surface area (Å²) < 4.78 is 40.6. The minimum atomic E-state index is -2.98. The van der Waals surface area contributed by atoms with Crippen LogP contribution in [0.1, 0.15) is 11.1 Å². The van der Waals surface area contributed by atoms with Crippen molar-refractivity contribution in [2.24, 2.45) is 4.99 Å². The predicted octanol–water partition coefficient (Wildman–Crippen LogP) is 2.66. The SMILES string of the molecule is CN=C(NCC(=O)NCCc1ccccc1)NCc1cc2c(cc1OC(F)F)OCO2.I. The molecule has 0 bridgehead atoms. The maximum absolute atomic E-state index is 12.7. The molecule has 0 spiro atoms. The summed E-state index contributed by atoms with van der Waals surface area (Å²) in [7, 11) is 1.54. The number of carbonyl (C=O) groups excluding carboxylic acids is 1. The Morgan fingerprint density at radius 1 is 1.12 bits per heavy atom. The number of aliphatic imine (C=N–C) groups is 1. The van der Waals surface area contributed by atoms with Gasteiger partial charge in [0.1, 0.15) is 5.75 Å². The number of hydrogen-bond donors (Lipinski definition) is 3. The number of rotatable bonds is 9. The van der Waals surface area contributed by atoms with Crippen LogP contribution in [0.4, 0.5) is 8.78 Å². The molecule has 11 heteroatoms. The van der Waals surface area contributed by atoms with Gasteiger partial charge in [-0.1, -0.05) is 30.3 Å². The Morgan fingerprint density at radius 3 is 2.53 bits per heavy atom. The third-order valence-electron chi connectivity index (χ3n) is 4.44. The molecule has 0 aromatic heterocycles. The van der Waals surface area contributed by atoms with Crippen LogP contribution in [0.15, 0.2) is 47.5 Å². The van der Waals surface area contributed by atoms with E-state index >= 15 is 0 Å². The second-order valence-electron chi connectivity index (χ2n) is 6.56. The zero-order chi connectivity index (χ0) is 22.1. The summed E-state index contributed by atoms with van der Waals surface area (Å²) in [6, 6.07) is 12.8. The summed E-state index contributed by atoms with van der Waals surface area (Å²) in [5.74, 6) is 0.900. The fourth-order valence-electron chi connectivity index (χ4n) is 2.93. The third-order valence-corrected chi connectivity index (χ3v) is 4.44. The van der Waals surface area contributed by atoms with Gasteiger partial charge in [-0.3, -0.25) is 9.79 Å². The topological polar surface area (TPSA) is 93.2 Å². The molecule has 3 N–H and O–H groups in total. The number of fused-ring (bicyclic) bond motifs is 1. The molecule has 1 amide bonds. The molecule has 0 aliphatic carbocycles. The van der Waals surface area contributed by atoms with E-state index in [4.69, 9.17) is 9.47 Å². The Labute approximate surface area is 201 Å². The van der Waals surface area contributed by atoms with Crippen molar-refractivity contribution in [3.63, 3.8) is 0 Å². The van der Waals surface area contributed by atoms with Crippen molar-refractivity contribution in [3.8, 4) is 17.2 Å². The number of benzene rings is 2. The first-order valence-corrected chi connectivity index (χ1v) is 9.67. The van der Waals surface area contributed by atoms with Crippen molar-refractivity contribution >= 4 is 35.8 Å². The van der Waals surface area contributed by atoms with Crippen molar-refractivity contribution < 1.29 is 27.8 Å². The first-order valence-electron chi connectivity index (χ1n) is 9.67. The summed E-state index contributed by atoms with van der Waals surface area (Å²) in [5, 5.41) is 8.67. The number of hydrogen-bond acceptors (Lipinski definition) is 5. The molecule has 32 heavy (non-hydrogen) atoms. The smallest absolute Gasteiger partial charge is 0.387 e. The minimum Gasteiger partial charge on any atom is -0.454 e. The molecule has 0 fully saturated rings. The molecule has 8 nitrogen and oxygen atoms in total. The number of guanidine groups is 1. The molecule has 2 aromatic carbocycles. The second-order valence-corrected chi connectivity index (χ2v) is 6.56. The van der Waals surface area contributed by atoms with Gasteiger partial charge in [0.15, 0.2) is 17.5 Å². The zero-order valence-electron chi connectivity index (χ0n) is 17.4. The number of ether oxygens (including phenoxy) is 3. The van der Waals surface area contributed by atoms with E-state index in [2.05, 4.69) is 25.7 Å². The molecule has 1 aliphatic rings. The largest absolute Gasteiger partial charge is 0.454 e. The number of alkyl halides is 2. The van der Waals surface area contributed by atoms with Gasteiger partial charge in [0.25, 0.3) is 0 Å². The van der Waals surface area contributed by atoms with Gasteiger partial charge in [-0.15, -0.1) is 24.0 Å². The number of halogens is 3. The van der Waals surface area contributed by atoms with Crippen molar-refractivity contribution in [3.05, 3.63) is 53.6 Å². The monoisotopic (exact) mass is 562 g/mol. The summed E-state index contributed by atoms with van der Waals surface area (Å²) >= 11 is 0. The van der Waals surface area contributed by atoms with Crippen LogP contribution in [0, 0.1) is 0 Å². The van der Waals surface area contributed by atoms with Crippen molar-refractivity contribution in [2.75, 3.05) is 26.9 Å². The zero-order valence-corrected chi connectivity index (χ0v) is 19.7. The Bertz CT molecular complexity index is 916. The van der Waals surface area contributed by atoms with Crippen LogP contribution < -0.4 is 30.2 Å². The molecule has 0 saturated carbocycles. The summed E-state index contributed by atoms with van der Waals surface area (Å²) in [4.78, 5) is 16.1. The van der Waals surface area contributed by atoms with E-state index in [-0.39, 0.29) is 55.5 Å². The molecule has 174 valence electrons. The highest BCUT2D eigenvalue weighted by Gasteiger charge is 2.20. The molecule has 0 atom stereocenters. The van der Waals surface area contributed by atoms with Crippen molar-refractivity contribution in [1.29, 1.82) is 0 Å². The van der Waals surface area contributed by atoms with Crippen LogP contribution in [-0.2, 0) is 17.8 Å². The van der Waals surface area contributed by atoms with Crippen molar-refractivity contribution in [2.45, 2.75) is 19.6 Å². The predicted molar refractivity (Wildman–Crippen MR) is 126 cm³/mol. The van der Waals surface area contributed by atoms with Gasteiger partial charge >= 0.3 is 6.61 Å². The van der Waals surface area contributed by atoms with E-state index in [1.165, 1.54) is 6.07 Å². The molecule has 1 aliphatic heterocycles. The number of carbonyl (C=O) groups is 1. The van der Waals surface area contributed by atoms with Crippen LogP contribution in [0.3, 0.4) is 0 Å². The van der Waals surface area contributed by atoms with Gasteiger partial charge in [-0.25, -0.2) is 0 Å². The highest BCUT2D eigenvalue weighted by atomic mass is 127. The average Bonchev–Trinajstić information content (AvgIpc) is 3.21. The van der Waals surface area contributed by atoms with Gasteiger partial charge in [-0.2, -0.15) is 8.78 Å². The lowest BCUT2D eigenvalue weighted by molar-refractivity contribution is -0.119. The summed E-state index contributed by atoms with van der Waals surface area (Å²) in [6.07, 6.45) is 0.733. The Kier molecular flexibility index (Phi) is 10.2. The van der Waals surface area contributed by atoms with E-state index in [9.17, 15) is 13.6 Å². The molecule has 1 heterocycles. The summed E-state index contributed by atoms with van der Waals surface area (Å²) in [6.45, 7) is -2.31. The molecule has 0 unspecified atom stereocenters. The second kappa shape index (κ2) is 12.9. The quantitative estimate of drug-likeness (QED) is 0.248. The van der Waals surface area contributed by atoms with Gasteiger partial charge < -0.3 is 30.2 Å². The van der Waals surface area contributed by atoms with E-state index in [0.717, 1.165) is 12.0 Å². The maximum atomic E-state index is 12.7. The first kappa shape index (κ1) is 25.4. The van der Waals surface area contributed by atoms with Crippen molar-refractivity contribution in [1.82, 2.24) is 16.0 Å². The molecular formula is C21H25F2IN4O4. The Morgan fingerprint density at radius 2 is 1.84 bits per heavy atom. The fraction of sp³-hybridized carbons (Fsp3) is 0.333. The normalized spacial score (nSPS) is 12.2. The first-order chi connectivity index (χ1) is 15.0. The highest BCUT2D eigenvalue weighted by Crippen LogP contribution is 2.38. The van der Waals surface area contributed by atoms with Crippen LogP contribution in [0.2, 0.25) is 0 Å². The van der Waals surface area contributed by atoms with Crippen LogP contribution >= 0.6 is 24.0 Å². The van der Waals surface area contributed by atoms with E-state index in [1.54, 1.807) is 13.1 Å². The fourth-order valence-corrected chi connectivity index (χ4v) is 2.93. The molecule has 0 saturated heterocycles. The molecule has 2 aromatic rings. The van der Waals surface area contributed by atoms with E-state index in [1.807, 2.05) is 30.3 Å². The van der Waals surface area contributed by atoms with Gasteiger partial charge in [-0.05, 0) is 18.1 Å². The number of nitrogens with one attached hydrogen (secondary N) is 3. The molecule has 3 rings (SSSR count). The van der Waals surface area contributed by atoms with Crippen LogP contribution in [-0.4, -0.2) is 45.4 Å². The van der Waals surface area contributed by atoms with Gasteiger partial charge in [0, 0.05) is 31.8 Å². The minimum absolute atomic E-state index is 0. The number of amides is 1. The lowest BCUT2D eigenvalue weighted by Gasteiger charge is -2.15. The lowest BCUT2D eigenvalue weighted by Crippen LogP contribution is -2.43. The average molecular weight is 562 g/mol.